The molecule has 0 aliphatic heterocycles. The lowest BCUT2D eigenvalue weighted by Gasteiger charge is -2.05. The highest BCUT2D eigenvalue weighted by atomic mass is 32.2. The van der Waals surface area contributed by atoms with Crippen LogP contribution >= 0.6 is 11.3 Å². The summed E-state index contributed by atoms with van der Waals surface area (Å²) in [7, 11) is -3.85. The van der Waals surface area contributed by atoms with Crippen LogP contribution in [0, 0.1) is 10.9 Å². The first-order chi connectivity index (χ1) is 7.97. The molecule has 0 saturated carbocycles. The predicted octanol–water partition coefficient (Wildman–Crippen LogP) is 2.83. The van der Waals surface area contributed by atoms with Gasteiger partial charge in [-0.3, -0.25) is 4.72 Å². The molecule has 0 bridgehead atoms. The Hall–Kier alpha value is -1.47. The first-order valence-electron chi connectivity index (χ1n) is 4.51. The topological polar surface area (TPSA) is 46.2 Å². The van der Waals surface area contributed by atoms with E-state index in [-0.39, 0.29) is 9.90 Å². The quantitative estimate of drug-likeness (QED) is 0.936. The maximum atomic E-state index is 12.9. The molecule has 1 aromatic carbocycles. The number of benzene rings is 1. The number of sulfonamides is 1. The van der Waals surface area contributed by atoms with Gasteiger partial charge in [0.15, 0.2) is 5.13 Å². The lowest BCUT2D eigenvalue weighted by Crippen LogP contribution is -2.11. The number of nitrogens with one attached hydrogen (secondary N) is 1. The zero-order valence-corrected chi connectivity index (χ0v) is 9.99. The lowest BCUT2D eigenvalue weighted by molar-refractivity contribution is 0.603. The molecule has 0 unspecified atom stereocenters. The monoisotopic (exact) mass is 275 g/mol. The summed E-state index contributed by atoms with van der Waals surface area (Å²) < 4.78 is 51.1. The normalized spacial score (nSPS) is 11.4. The van der Waals surface area contributed by atoms with Gasteiger partial charge in [-0.25, -0.2) is 12.8 Å². The second-order valence-corrected chi connectivity index (χ2v) is 6.12. The van der Waals surface area contributed by atoms with E-state index in [1.165, 1.54) is 18.2 Å². The molecule has 0 radical (unpaired) electrons. The highest BCUT2D eigenvalue weighted by molar-refractivity contribution is 7.94. The molecule has 0 atom stereocenters. The van der Waals surface area contributed by atoms with Gasteiger partial charge < -0.3 is 0 Å². The van der Waals surface area contributed by atoms with Gasteiger partial charge in [-0.2, -0.15) is 4.39 Å². The van der Waals surface area contributed by atoms with Crippen LogP contribution in [0.25, 0.3) is 0 Å². The standard InChI is InChI=1S/C10H7F2NO2S2/c11-7-2-1-3-8(6-7)13-17(14,15)10-5-4-9(12)16-10/h1-6,13H. The minimum Gasteiger partial charge on any atom is -0.279 e. The van der Waals surface area contributed by atoms with Crippen LogP contribution in [-0.2, 0) is 10.0 Å². The van der Waals surface area contributed by atoms with Crippen molar-refractivity contribution in [2.45, 2.75) is 4.21 Å². The fourth-order valence-corrected chi connectivity index (χ4v) is 3.25. The molecule has 0 aliphatic rings. The Labute approximate surface area is 101 Å². The van der Waals surface area contributed by atoms with Crippen molar-refractivity contribution in [3.63, 3.8) is 0 Å². The number of thiophene rings is 1. The minimum absolute atomic E-state index is 0.0961. The van der Waals surface area contributed by atoms with Crippen LogP contribution in [-0.4, -0.2) is 8.42 Å². The molecule has 0 saturated heterocycles. The van der Waals surface area contributed by atoms with Crippen LogP contribution in [0.5, 0.6) is 0 Å². The summed E-state index contributed by atoms with van der Waals surface area (Å²) in [6.07, 6.45) is 0. The maximum Gasteiger partial charge on any atom is 0.271 e. The Bertz CT molecular complexity index is 637. The average Bonchev–Trinajstić information content (AvgIpc) is 2.65. The largest absolute Gasteiger partial charge is 0.279 e. The van der Waals surface area contributed by atoms with E-state index < -0.39 is 21.0 Å². The SMILES string of the molecule is O=S(=O)(Nc1cccc(F)c1)c1ccc(F)s1. The van der Waals surface area contributed by atoms with Crippen LogP contribution in [0.15, 0.2) is 40.6 Å². The molecule has 1 aromatic heterocycles. The molecule has 1 N–H and O–H groups in total. The summed E-state index contributed by atoms with van der Waals surface area (Å²) in [5.74, 6) is -0.553. The molecular formula is C10H7F2NO2S2. The first-order valence-corrected chi connectivity index (χ1v) is 6.81. The van der Waals surface area contributed by atoms with Gasteiger partial charge in [0.1, 0.15) is 10.0 Å². The van der Waals surface area contributed by atoms with E-state index in [1.54, 1.807) is 0 Å². The average molecular weight is 275 g/mol. The van der Waals surface area contributed by atoms with E-state index in [9.17, 15) is 17.2 Å². The second kappa shape index (κ2) is 4.42. The van der Waals surface area contributed by atoms with Crippen LogP contribution in [0.2, 0.25) is 0 Å². The van der Waals surface area contributed by atoms with Gasteiger partial charge in [0.2, 0.25) is 0 Å². The van der Waals surface area contributed by atoms with Gasteiger partial charge in [-0.1, -0.05) is 17.4 Å². The molecule has 2 rings (SSSR count). The summed E-state index contributed by atoms with van der Waals surface area (Å²) in [6, 6.07) is 7.24. The predicted molar refractivity (Wildman–Crippen MR) is 61.5 cm³/mol. The Balaban J connectivity index is 2.29. The van der Waals surface area contributed by atoms with E-state index in [1.807, 2.05) is 0 Å². The van der Waals surface area contributed by atoms with E-state index in [0.29, 0.717) is 11.3 Å². The Morgan fingerprint density at radius 2 is 1.88 bits per heavy atom. The molecule has 0 amide bonds. The molecule has 90 valence electrons. The maximum absolute atomic E-state index is 12.9. The van der Waals surface area contributed by atoms with Crippen molar-refractivity contribution < 1.29 is 17.2 Å². The summed E-state index contributed by atoms with van der Waals surface area (Å²) in [5, 5.41) is -0.593. The van der Waals surface area contributed by atoms with Crippen molar-refractivity contribution in [2.24, 2.45) is 0 Å². The second-order valence-electron chi connectivity index (χ2n) is 3.17. The number of hydrogen-bond acceptors (Lipinski definition) is 3. The van der Waals surface area contributed by atoms with Crippen molar-refractivity contribution in [2.75, 3.05) is 4.72 Å². The highest BCUT2D eigenvalue weighted by Gasteiger charge is 2.17. The van der Waals surface area contributed by atoms with Gasteiger partial charge in [-0.05, 0) is 30.3 Å². The third-order valence-electron chi connectivity index (χ3n) is 1.89. The zero-order valence-electron chi connectivity index (χ0n) is 8.35. The lowest BCUT2D eigenvalue weighted by atomic mass is 10.3. The van der Waals surface area contributed by atoms with Gasteiger partial charge >= 0.3 is 0 Å². The Morgan fingerprint density at radius 3 is 2.47 bits per heavy atom. The van der Waals surface area contributed by atoms with E-state index in [2.05, 4.69) is 4.72 Å². The Morgan fingerprint density at radius 1 is 1.12 bits per heavy atom. The molecule has 7 heteroatoms. The minimum atomic E-state index is -3.85. The van der Waals surface area contributed by atoms with Gasteiger partial charge in [-0.15, -0.1) is 0 Å². The molecule has 0 aliphatic carbocycles. The van der Waals surface area contributed by atoms with E-state index >= 15 is 0 Å². The highest BCUT2D eigenvalue weighted by Crippen LogP contribution is 2.23. The molecule has 0 spiro atoms. The molecular weight excluding hydrogens is 268 g/mol. The number of halogens is 2. The van der Waals surface area contributed by atoms with Crippen molar-refractivity contribution in [3.05, 3.63) is 47.3 Å². The smallest absolute Gasteiger partial charge is 0.271 e. The summed E-state index contributed by atoms with van der Waals surface area (Å²) in [6.45, 7) is 0. The number of anilines is 1. The first kappa shape index (κ1) is 12.0. The third-order valence-corrected chi connectivity index (χ3v) is 4.64. The molecule has 3 nitrogen and oxygen atoms in total. The van der Waals surface area contributed by atoms with Crippen molar-refractivity contribution in [1.82, 2.24) is 0 Å². The van der Waals surface area contributed by atoms with Crippen molar-refractivity contribution >= 4 is 27.0 Å². The van der Waals surface area contributed by atoms with Crippen LogP contribution < -0.4 is 4.72 Å². The van der Waals surface area contributed by atoms with Crippen molar-refractivity contribution in [1.29, 1.82) is 0 Å². The zero-order chi connectivity index (χ0) is 12.5. The molecule has 2 aromatic rings. The Kier molecular flexibility index (Phi) is 3.12. The van der Waals surface area contributed by atoms with Crippen LogP contribution in [0.1, 0.15) is 0 Å². The van der Waals surface area contributed by atoms with Gasteiger partial charge in [0.25, 0.3) is 10.0 Å². The van der Waals surface area contributed by atoms with E-state index in [0.717, 1.165) is 18.2 Å². The third kappa shape index (κ3) is 2.80. The summed E-state index contributed by atoms with van der Waals surface area (Å²) in [5.41, 5.74) is 0.0961. The summed E-state index contributed by atoms with van der Waals surface area (Å²) in [4.78, 5) is 0. The summed E-state index contributed by atoms with van der Waals surface area (Å²) >= 11 is 0.507. The fraction of sp³-hybridized carbons (Fsp3) is 0. The van der Waals surface area contributed by atoms with Crippen LogP contribution in [0.3, 0.4) is 0 Å². The molecule has 0 fully saturated rings. The van der Waals surface area contributed by atoms with Gasteiger partial charge in [0.05, 0.1) is 5.69 Å². The van der Waals surface area contributed by atoms with Gasteiger partial charge in [0, 0.05) is 0 Å². The van der Waals surface area contributed by atoms with Crippen molar-refractivity contribution in [3.8, 4) is 0 Å². The fourth-order valence-electron chi connectivity index (χ4n) is 1.20. The number of rotatable bonds is 3. The van der Waals surface area contributed by atoms with Crippen LogP contribution in [0.4, 0.5) is 14.5 Å². The number of hydrogen-bond donors (Lipinski definition) is 1. The molecule has 17 heavy (non-hydrogen) atoms. The van der Waals surface area contributed by atoms with E-state index in [4.69, 9.17) is 0 Å². The molecule has 1 heterocycles.